The number of aromatic nitrogens is 1. The van der Waals surface area contributed by atoms with Gasteiger partial charge in [0.2, 0.25) is 0 Å². The lowest BCUT2D eigenvalue weighted by atomic mass is 9.89. The Morgan fingerprint density at radius 2 is 1.96 bits per heavy atom. The maximum atomic E-state index is 9.73. The Balaban J connectivity index is 2.05. The Hall–Kier alpha value is -2.82. The van der Waals surface area contributed by atoms with E-state index in [-0.39, 0.29) is 5.60 Å². The van der Waals surface area contributed by atoms with E-state index in [4.69, 9.17) is 15.3 Å². The monoisotopic (exact) mass is 339 g/mol. The van der Waals surface area contributed by atoms with Crippen LogP contribution < -0.4 is 21.3 Å². The standard InChI is InChI=1S/C18H21N5O2/c1-18(2)8-13-14(9-19)16(22-17(23-20)15(13)10-25-18)21-11-4-6-12(24-3)7-5-11/h4-7H,8,10,20H2,1-3H3,(H2,21,22,23). The van der Waals surface area contributed by atoms with Crippen LogP contribution in [0, 0.1) is 11.3 Å². The Bertz CT molecular complexity index is 825. The van der Waals surface area contributed by atoms with Crippen molar-refractivity contribution in [1.82, 2.24) is 4.98 Å². The zero-order valence-electron chi connectivity index (χ0n) is 14.5. The number of nitrogens with two attached hydrogens (primary N) is 1. The van der Waals surface area contributed by atoms with Crippen LogP contribution in [0.1, 0.15) is 30.5 Å². The minimum absolute atomic E-state index is 0.344. The number of nitrogens with zero attached hydrogens (tertiary/aromatic N) is 2. The third kappa shape index (κ3) is 3.36. The van der Waals surface area contributed by atoms with Crippen molar-refractivity contribution in [2.24, 2.45) is 5.84 Å². The molecule has 0 aliphatic carbocycles. The summed E-state index contributed by atoms with van der Waals surface area (Å²) in [6.45, 7) is 4.37. The number of anilines is 3. The molecule has 1 aromatic heterocycles. The molecule has 130 valence electrons. The smallest absolute Gasteiger partial charge is 0.151 e. The second-order valence-electron chi connectivity index (χ2n) is 6.48. The minimum atomic E-state index is -0.344. The molecule has 0 fully saturated rings. The zero-order chi connectivity index (χ0) is 18.0. The molecule has 1 aromatic carbocycles. The SMILES string of the molecule is COc1ccc(Nc2nc(NN)c3c(c2C#N)CC(C)(C)OC3)cc1. The summed E-state index contributed by atoms with van der Waals surface area (Å²) in [7, 11) is 1.62. The van der Waals surface area contributed by atoms with E-state index in [1.807, 2.05) is 38.1 Å². The number of methoxy groups -OCH3 is 1. The summed E-state index contributed by atoms with van der Waals surface area (Å²) in [5, 5.41) is 12.9. The van der Waals surface area contributed by atoms with Gasteiger partial charge in [0, 0.05) is 17.7 Å². The number of nitrogen functional groups attached to an aromatic ring is 1. The van der Waals surface area contributed by atoms with Crippen LogP contribution in [0.25, 0.3) is 0 Å². The van der Waals surface area contributed by atoms with Gasteiger partial charge in [0.1, 0.15) is 17.6 Å². The second kappa shape index (κ2) is 6.59. The lowest BCUT2D eigenvalue weighted by molar-refractivity contribution is -0.0399. The van der Waals surface area contributed by atoms with Gasteiger partial charge >= 0.3 is 0 Å². The van der Waals surface area contributed by atoms with Gasteiger partial charge in [-0.1, -0.05) is 0 Å². The number of benzene rings is 1. The Kier molecular flexibility index (Phi) is 4.49. The fourth-order valence-corrected chi connectivity index (χ4v) is 2.91. The van der Waals surface area contributed by atoms with E-state index in [2.05, 4.69) is 21.8 Å². The molecule has 7 nitrogen and oxygen atoms in total. The molecule has 3 rings (SSSR count). The van der Waals surface area contributed by atoms with Crippen molar-refractivity contribution in [3.05, 3.63) is 41.0 Å². The van der Waals surface area contributed by atoms with Crippen LogP contribution in [0.3, 0.4) is 0 Å². The maximum absolute atomic E-state index is 9.73. The number of hydrogen-bond donors (Lipinski definition) is 3. The van der Waals surface area contributed by atoms with Crippen LogP contribution in [-0.2, 0) is 17.8 Å². The molecular formula is C18H21N5O2. The summed E-state index contributed by atoms with van der Waals surface area (Å²) in [5.41, 5.74) is 5.34. The number of fused-ring (bicyclic) bond motifs is 1. The Morgan fingerprint density at radius 3 is 2.56 bits per heavy atom. The number of ether oxygens (including phenoxy) is 2. The first kappa shape index (κ1) is 17.0. The van der Waals surface area contributed by atoms with Crippen molar-refractivity contribution in [3.63, 3.8) is 0 Å². The summed E-state index contributed by atoms with van der Waals surface area (Å²) in [5.74, 6) is 7.38. The van der Waals surface area contributed by atoms with E-state index in [0.29, 0.717) is 30.2 Å². The normalized spacial score (nSPS) is 15.0. The molecule has 1 aliphatic heterocycles. The Labute approximate surface area is 146 Å². The van der Waals surface area contributed by atoms with Gasteiger partial charge in [-0.05, 0) is 43.7 Å². The molecule has 0 spiro atoms. The molecule has 25 heavy (non-hydrogen) atoms. The van der Waals surface area contributed by atoms with Gasteiger partial charge in [-0.15, -0.1) is 0 Å². The maximum Gasteiger partial charge on any atom is 0.151 e. The molecule has 0 saturated heterocycles. The number of pyridine rings is 1. The van der Waals surface area contributed by atoms with Crippen LogP contribution in [-0.4, -0.2) is 17.7 Å². The van der Waals surface area contributed by atoms with Gasteiger partial charge in [-0.25, -0.2) is 10.8 Å². The van der Waals surface area contributed by atoms with Crippen molar-refractivity contribution in [1.29, 1.82) is 5.26 Å². The highest BCUT2D eigenvalue weighted by Crippen LogP contribution is 2.36. The lowest BCUT2D eigenvalue weighted by Crippen LogP contribution is -2.33. The zero-order valence-corrected chi connectivity index (χ0v) is 14.5. The summed E-state index contributed by atoms with van der Waals surface area (Å²) >= 11 is 0. The summed E-state index contributed by atoms with van der Waals surface area (Å²) in [4.78, 5) is 4.48. The predicted octanol–water partition coefficient (Wildman–Crippen LogP) is 2.84. The molecule has 0 bridgehead atoms. The summed E-state index contributed by atoms with van der Waals surface area (Å²) in [6.07, 6.45) is 0.611. The van der Waals surface area contributed by atoms with Crippen molar-refractivity contribution in [2.45, 2.75) is 32.5 Å². The van der Waals surface area contributed by atoms with E-state index < -0.39 is 0 Å². The molecule has 2 aromatic rings. The predicted molar refractivity (Wildman–Crippen MR) is 95.6 cm³/mol. The molecule has 1 aliphatic rings. The molecular weight excluding hydrogens is 318 g/mol. The largest absolute Gasteiger partial charge is 0.497 e. The molecule has 0 unspecified atom stereocenters. The molecule has 0 saturated carbocycles. The highest BCUT2D eigenvalue weighted by molar-refractivity contribution is 5.70. The van der Waals surface area contributed by atoms with Gasteiger partial charge in [-0.2, -0.15) is 5.26 Å². The van der Waals surface area contributed by atoms with Crippen molar-refractivity contribution in [3.8, 4) is 11.8 Å². The summed E-state index contributed by atoms with van der Waals surface area (Å²) in [6, 6.07) is 9.69. The Morgan fingerprint density at radius 1 is 1.24 bits per heavy atom. The average molecular weight is 339 g/mol. The van der Waals surface area contributed by atoms with Crippen LogP contribution >= 0.6 is 0 Å². The van der Waals surface area contributed by atoms with E-state index in [1.54, 1.807) is 7.11 Å². The van der Waals surface area contributed by atoms with E-state index in [0.717, 1.165) is 22.6 Å². The molecule has 0 amide bonds. The van der Waals surface area contributed by atoms with Crippen LogP contribution in [0.2, 0.25) is 0 Å². The second-order valence-corrected chi connectivity index (χ2v) is 6.48. The van der Waals surface area contributed by atoms with Gasteiger partial charge < -0.3 is 20.2 Å². The van der Waals surface area contributed by atoms with E-state index in [1.165, 1.54) is 0 Å². The molecule has 0 atom stereocenters. The first-order chi connectivity index (χ1) is 12.0. The van der Waals surface area contributed by atoms with Crippen LogP contribution in [0.5, 0.6) is 5.75 Å². The fraction of sp³-hybridized carbons (Fsp3) is 0.333. The van der Waals surface area contributed by atoms with Crippen molar-refractivity contribution < 1.29 is 9.47 Å². The highest BCUT2D eigenvalue weighted by Gasteiger charge is 2.31. The number of hydrogen-bond acceptors (Lipinski definition) is 7. The number of rotatable bonds is 4. The highest BCUT2D eigenvalue weighted by atomic mass is 16.5. The number of hydrazine groups is 1. The number of nitriles is 1. The third-order valence-corrected chi connectivity index (χ3v) is 4.22. The van der Waals surface area contributed by atoms with E-state index >= 15 is 0 Å². The first-order valence-electron chi connectivity index (χ1n) is 7.95. The van der Waals surface area contributed by atoms with Crippen LogP contribution in [0.15, 0.2) is 24.3 Å². The third-order valence-electron chi connectivity index (χ3n) is 4.22. The first-order valence-corrected chi connectivity index (χ1v) is 7.95. The quantitative estimate of drug-likeness (QED) is 0.581. The average Bonchev–Trinajstić information content (AvgIpc) is 2.60. The number of nitrogens with one attached hydrogen (secondary N) is 2. The molecule has 4 N–H and O–H groups in total. The van der Waals surface area contributed by atoms with Gasteiger partial charge in [0.25, 0.3) is 0 Å². The van der Waals surface area contributed by atoms with Gasteiger partial charge in [0.05, 0.1) is 24.9 Å². The van der Waals surface area contributed by atoms with E-state index in [9.17, 15) is 5.26 Å². The molecule has 0 radical (unpaired) electrons. The summed E-state index contributed by atoms with van der Waals surface area (Å²) < 4.78 is 11.0. The van der Waals surface area contributed by atoms with Crippen molar-refractivity contribution >= 4 is 17.3 Å². The lowest BCUT2D eigenvalue weighted by Gasteiger charge is -2.33. The molecule has 2 heterocycles. The van der Waals surface area contributed by atoms with Crippen molar-refractivity contribution in [2.75, 3.05) is 17.9 Å². The van der Waals surface area contributed by atoms with Gasteiger partial charge in [-0.3, -0.25) is 0 Å². The minimum Gasteiger partial charge on any atom is -0.497 e. The molecule has 7 heteroatoms. The van der Waals surface area contributed by atoms with Gasteiger partial charge in [0.15, 0.2) is 5.82 Å². The topological polar surface area (TPSA) is 105 Å². The fourth-order valence-electron chi connectivity index (χ4n) is 2.91. The van der Waals surface area contributed by atoms with Crippen LogP contribution in [0.4, 0.5) is 17.3 Å².